The molecule has 25 heavy (non-hydrogen) atoms. The molecule has 5 heteroatoms. The summed E-state index contributed by atoms with van der Waals surface area (Å²) in [4.78, 5) is 12.1. The van der Waals surface area contributed by atoms with Crippen LogP contribution in [0.1, 0.15) is 17.0 Å². The lowest BCUT2D eigenvalue weighted by atomic mass is 9.83. The van der Waals surface area contributed by atoms with Crippen molar-refractivity contribution in [1.29, 1.82) is 0 Å². The van der Waals surface area contributed by atoms with Gasteiger partial charge in [-0.1, -0.05) is 48.5 Å². The molecule has 0 atom stereocenters. The zero-order valence-electron chi connectivity index (χ0n) is 13.9. The number of hydrogen-bond acceptors (Lipinski definition) is 3. The number of fused-ring (bicyclic) bond motifs is 3. The van der Waals surface area contributed by atoms with Crippen molar-refractivity contribution in [2.45, 2.75) is 5.92 Å². The normalized spacial score (nSPS) is 17.3. The van der Waals surface area contributed by atoms with Crippen LogP contribution >= 0.6 is 0 Å². The summed E-state index contributed by atoms with van der Waals surface area (Å²) in [5, 5.41) is 5.75. The fourth-order valence-electron chi connectivity index (χ4n) is 3.65. The molecule has 0 unspecified atom stereocenters. The highest BCUT2D eigenvalue weighted by Crippen LogP contribution is 2.44. The van der Waals surface area contributed by atoms with Crippen LogP contribution in [0.4, 0.5) is 9.18 Å². The number of alkyl carbamates (subject to hydrolysis) is 1. The summed E-state index contributed by atoms with van der Waals surface area (Å²) in [5.41, 5.74) is 4.29. The molecule has 4 rings (SSSR count). The summed E-state index contributed by atoms with van der Waals surface area (Å²) in [6.45, 7) is 1.32. The third-order valence-electron chi connectivity index (χ3n) is 5.23. The lowest BCUT2D eigenvalue weighted by molar-refractivity contribution is 0.103. The Bertz CT molecular complexity index is 738. The molecule has 1 amide bonds. The van der Waals surface area contributed by atoms with E-state index < -0.39 is 18.2 Å². The molecule has 2 aromatic carbocycles. The van der Waals surface area contributed by atoms with Gasteiger partial charge in [0, 0.05) is 31.0 Å². The average Bonchev–Trinajstić information content (AvgIpc) is 2.93. The summed E-state index contributed by atoms with van der Waals surface area (Å²) < 4.78 is 18.5. The van der Waals surface area contributed by atoms with Crippen LogP contribution < -0.4 is 10.6 Å². The Morgan fingerprint density at radius 2 is 1.72 bits per heavy atom. The van der Waals surface area contributed by atoms with E-state index in [1.807, 2.05) is 24.3 Å². The Morgan fingerprint density at radius 1 is 1.12 bits per heavy atom. The van der Waals surface area contributed by atoms with Gasteiger partial charge in [-0.25, -0.2) is 4.79 Å². The molecular weight excluding hydrogens is 319 g/mol. The van der Waals surface area contributed by atoms with Crippen molar-refractivity contribution < 1.29 is 13.9 Å². The van der Waals surface area contributed by atoms with Gasteiger partial charge in [0.05, 0.1) is 6.67 Å². The third-order valence-corrected chi connectivity index (χ3v) is 5.23. The van der Waals surface area contributed by atoms with Crippen LogP contribution in [0.2, 0.25) is 0 Å². The second-order valence-electron chi connectivity index (χ2n) is 6.92. The number of halogens is 1. The van der Waals surface area contributed by atoms with Crippen LogP contribution in [0, 0.1) is 5.41 Å². The Labute approximate surface area is 146 Å². The van der Waals surface area contributed by atoms with Crippen molar-refractivity contribution in [2.24, 2.45) is 5.41 Å². The first-order valence-electron chi connectivity index (χ1n) is 8.58. The highest BCUT2D eigenvalue weighted by molar-refractivity contribution is 5.79. The van der Waals surface area contributed by atoms with E-state index in [-0.39, 0.29) is 12.5 Å². The number of benzene rings is 2. The van der Waals surface area contributed by atoms with E-state index in [9.17, 15) is 9.18 Å². The molecule has 4 nitrogen and oxygen atoms in total. The van der Waals surface area contributed by atoms with E-state index in [1.165, 1.54) is 22.3 Å². The molecule has 1 heterocycles. The first-order valence-corrected chi connectivity index (χ1v) is 8.58. The average molecular weight is 340 g/mol. The Kier molecular flexibility index (Phi) is 4.17. The van der Waals surface area contributed by atoms with Gasteiger partial charge in [0.2, 0.25) is 0 Å². The molecule has 0 aromatic heterocycles. The predicted molar refractivity (Wildman–Crippen MR) is 94.3 cm³/mol. The zero-order chi connectivity index (χ0) is 17.3. The van der Waals surface area contributed by atoms with Crippen molar-refractivity contribution >= 4 is 6.09 Å². The fourth-order valence-corrected chi connectivity index (χ4v) is 3.65. The van der Waals surface area contributed by atoms with Gasteiger partial charge < -0.3 is 15.4 Å². The van der Waals surface area contributed by atoms with E-state index >= 15 is 0 Å². The highest BCUT2D eigenvalue weighted by atomic mass is 19.1. The van der Waals surface area contributed by atoms with Crippen molar-refractivity contribution in [3.63, 3.8) is 0 Å². The van der Waals surface area contributed by atoms with Crippen LogP contribution in [-0.4, -0.2) is 39.0 Å². The summed E-state index contributed by atoms with van der Waals surface area (Å²) in [6, 6.07) is 16.4. The summed E-state index contributed by atoms with van der Waals surface area (Å²) >= 11 is 0. The minimum absolute atomic E-state index is 0.0404. The monoisotopic (exact) mass is 340 g/mol. The topological polar surface area (TPSA) is 50.4 Å². The molecule has 0 saturated carbocycles. The fraction of sp³-hybridized carbons (Fsp3) is 0.350. The van der Waals surface area contributed by atoms with E-state index in [4.69, 9.17) is 4.74 Å². The number of alkyl halides is 1. The standard InChI is InChI=1S/C20H21FN2O2/c21-10-20(11-22-12-20)13-23-19(24)25-9-18-16-7-3-1-5-14(16)15-6-2-4-8-17(15)18/h1-8,18,22H,9-13H2,(H,23,24). The van der Waals surface area contributed by atoms with E-state index in [0.717, 1.165) is 0 Å². The van der Waals surface area contributed by atoms with Crippen molar-refractivity contribution in [3.05, 3.63) is 59.7 Å². The number of nitrogens with one attached hydrogen (secondary N) is 2. The molecule has 2 aromatic rings. The maximum Gasteiger partial charge on any atom is 0.407 e. The number of carbonyl (C=O) groups is 1. The SMILES string of the molecule is O=C(NCC1(CF)CNC1)OCC1c2ccccc2-c2ccccc21. The molecule has 2 aliphatic rings. The van der Waals surface area contributed by atoms with Gasteiger partial charge >= 0.3 is 6.09 Å². The van der Waals surface area contributed by atoms with E-state index in [1.54, 1.807) is 0 Å². The number of hydrogen-bond donors (Lipinski definition) is 2. The molecule has 0 spiro atoms. The molecule has 130 valence electrons. The minimum atomic E-state index is -0.485. The van der Waals surface area contributed by atoms with Crippen LogP contribution in [0.3, 0.4) is 0 Å². The lowest BCUT2D eigenvalue weighted by Crippen LogP contribution is -2.60. The van der Waals surface area contributed by atoms with Crippen molar-refractivity contribution in [1.82, 2.24) is 10.6 Å². The minimum Gasteiger partial charge on any atom is -0.449 e. The second-order valence-corrected chi connectivity index (χ2v) is 6.92. The number of carbonyl (C=O) groups excluding carboxylic acids is 1. The highest BCUT2D eigenvalue weighted by Gasteiger charge is 2.37. The van der Waals surface area contributed by atoms with Gasteiger partial charge in [-0.05, 0) is 22.3 Å². The third kappa shape index (κ3) is 2.89. The molecule has 1 aliphatic carbocycles. The van der Waals surface area contributed by atoms with Gasteiger partial charge in [-0.15, -0.1) is 0 Å². The first kappa shape index (κ1) is 16.1. The Morgan fingerprint density at radius 3 is 2.24 bits per heavy atom. The zero-order valence-corrected chi connectivity index (χ0v) is 13.9. The summed E-state index contributed by atoms with van der Waals surface area (Å²) in [6.07, 6.45) is -0.485. The maximum absolute atomic E-state index is 13.1. The molecular formula is C20H21FN2O2. The van der Waals surface area contributed by atoms with Gasteiger partial charge in [0.15, 0.2) is 0 Å². The van der Waals surface area contributed by atoms with Crippen LogP contribution in [0.15, 0.2) is 48.5 Å². The quantitative estimate of drug-likeness (QED) is 0.879. The summed E-state index contributed by atoms with van der Waals surface area (Å²) in [7, 11) is 0. The summed E-state index contributed by atoms with van der Waals surface area (Å²) in [5.74, 6) is 0.0404. The second kappa shape index (κ2) is 6.48. The first-order chi connectivity index (χ1) is 12.2. The maximum atomic E-state index is 13.1. The molecule has 1 aliphatic heterocycles. The van der Waals surface area contributed by atoms with Gasteiger partial charge in [0.25, 0.3) is 0 Å². The lowest BCUT2D eigenvalue weighted by Gasteiger charge is -2.40. The van der Waals surface area contributed by atoms with Crippen molar-refractivity contribution in [3.8, 4) is 11.1 Å². The van der Waals surface area contributed by atoms with E-state index in [2.05, 4.69) is 34.9 Å². The Balaban J connectivity index is 1.42. The van der Waals surface area contributed by atoms with Crippen molar-refractivity contribution in [2.75, 3.05) is 32.9 Å². The van der Waals surface area contributed by atoms with Crippen LogP contribution in [-0.2, 0) is 4.74 Å². The predicted octanol–water partition coefficient (Wildman–Crippen LogP) is 3.08. The van der Waals surface area contributed by atoms with E-state index in [0.29, 0.717) is 19.6 Å². The molecule has 0 radical (unpaired) electrons. The molecule has 1 fully saturated rings. The molecule has 1 saturated heterocycles. The number of ether oxygens (including phenoxy) is 1. The molecule has 2 N–H and O–H groups in total. The van der Waals surface area contributed by atoms with Gasteiger partial charge in [0.1, 0.15) is 6.61 Å². The van der Waals surface area contributed by atoms with Gasteiger partial charge in [-0.2, -0.15) is 0 Å². The number of amides is 1. The molecule has 0 bridgehead atoms. The smallest absolute Gasteiger partial charge is 0.407 e. The largest absolute Gasteiger partial charge is 0.449 e. The Hall–Kier alpha value is -2.40. The van der Waals surface area contributed by atoms with Gasteiger partial charge in [-0.3, -0.25) is 4.39 Å². The van der Waals surface area contributed by atoms with Crippen LogP contribution in [0.25, 0.3) is 11.1 Å². The number of rotatable bonds is 5. The van der Waals surface area contributed by atoms with Crippen LogP contribution in [0.5, 0.6) is 0 Å².